The molecule has 0 unspecified atom stereocenters. The second kappa shape index (κ2) is 15.9. The van der Waals surface area contributed by atoms with Gasteiger partial charge >= 0.3 is 5.97 Å². The topological polar surface area (TPSA) is 142 Å². The molecule has 1 spiro atoms. The van der Waals surface area contributed by atoms with E-state index in [1.165, 1.54) is 0 Å². The highest BCUT2D eigenvalue weighted by atomic mass is 16.7. The molecule has 290 valence electrons. The maximum absolute atomic E-state index is 14.2. The van der Waals surface area contributed by atoms with Gasteiger partial charge in [-0.25, -0.2) is 0 Å². The van der Waals surface area contributed by atoms with Crippen LogP contribution in [-0.4, -0.2) is 108 Å². The van der Waals surface area contributed by atoms with Gasteiger partial charge in [0, 0.05) is 38.2 Å². The van der Waals surface area contributed by atoms with E-state index in [0.717, 1.165) is 12.0 Å². The minimum Gasteiger partial charge on any atom is -0.462 e. The van der Waals surface area contributed by atoms with Gasteiger partial charge < -0.3 is 48.5 Å². The first-order valence-electron chi connectivity index (χ1n) is 19.2. The summed E-state index contributed by atoms with van der Waals surface area (Å²) in [7, 11) is 1.58. The summed E-state index contributed by atoms with van der Waals surface area (Å²) in [6, 6.07) is 0. The molecule has 2 bridgehead atoms. The number of hydrogen-bond donors (Lipinski definition) is 3. The molecule has 16 atom stereocenters. The predicted octanol–water partition coefficient (Wildman–Crippen LogP) is 4.84. The van der Waals surface area contributed by atoms with Gasteiger partial charge in [-0.05, 0) is 55.9 Å². The minimum absolute atomic E-state index is 0.0471. The molecule has 0 amide bonds. The van der Waals surface area contributed by atoms with Crippen LogP contribution in [0.5, 0.6) is 0 Å². The third-order valence-electron chi connectivity index (χ3n) is 12.3. The quantitative estimate of drug-likeness (QED) is 0.265. The fraction of sp³-hybridized carbons (Fsp3) is 0.732. The Kier molecular flexibility index (Phi) is 12.1. The first-order valence-corrected chi connectivity index (χ1v) is 19.2. The lowest BCUT2D eigenvalue weighted by molar-refractivity contribution is -0.300. The lowest BCUT2D eigenvalue weighted by atomic mass is 9.71. The highest BCUT2D eigenvalue weighted by Gasteiger charge is 2.60. The SMILES string of the molecule is CC[C@H](C)[C@H]1O[C@]2(C=C[C@@H]1C)C[C@@H]1C[C@@H](CC=C(C)[C@@H](O[C@H]3C[C@H](OC)[C@@H](O)[C@H](C)O3)[C@@H](C)C=CC=C3CO[C@@H]4[C@H](O)C(C)=C[C@@H](C(=O)O1)[C@]34O)O2. The molecule has 0 aromatic carbocycles. The van der Waals surface area contributed by atoms with Crippen molar-refractivity contribution in [3.05, 3.63) is 59.3 Å². The van der Waals surface area contributed by atoms with E-state index in [0.29, 0.717) is 36.8 Å². The Morgan fingerprint density at radius 3 is 2.54 bits per heavy atom. The van der Waals surface area contributed by atoms with E-state index in [-0.39, 0.29) is 36.6 Å². The molecule has 3 fully saturated rings. The molecule has 0 saturated carbocycles. The van der Waals surface area contributed by atoms with E-state index < -0.39 is 72.3 Å². The highest BCUT2D eigenvalue weighted by Crippen LogP contribution is 2.47. The van der Waals surface area contributed by atoms with E-state index in [1.54, 1.807) is 26.2 Å². The van der Waals surface area contributed by atoms with Crippen LogP contribution in [0.2, 0.25) is 0 Å². The number of hydrogen-bond acceptors (Lipinski definition) is 11. The van der Waals surface area contributed by atoms with Gasteiger partial charge in [-0.1, -0.05) is 70.6 Å². The van der Waals surface area contributed by atoms with Crippen molar-refractivity contribution in [2.45, 2.75) is 153 Å². The molecule has 0 aromatic heterocycles. The standard InChI is InChI=1S/C41H60O11/c1-9-22(2)37-25(5)15-16-40(52-37)20-30-18-29(51-40)14-13-24(4)36(50-33-19-32(46-8)35(43)27(7)48-33)23(3)11-10-12-28-21-47-38-34(42)26(6)17-31(39(44)49-30)41(28,38)45/h10-13,15-17,22-23,25,27,29-38,42-43,45H,9,14,18-21H2,1-8H3/t22-,23-,25-,27-,29+,30-,31-,32-,33-,34+,35-,36-,37+,38+,40+,41+/m0/s1. The van der Waals surface area contributed by atoms with E-state index in [4.69, 9.17) is 33.2 Å². The van der Waals surface area contributed by atoms with E-state index >= 15 is 0 Å². The summed E-state index contributed by atoms with van der Waals surface area (Å²) in [6.45, 7) is 14.2. The summed E-state index contributed by atoms with van der Waals surface area (Å²) in [5.41, 5.74) is 0.184. The molecule has 11 nitrogen and oxygen atoms in total. The van der Waals surface area contributed by atoms with Crippen molar-refractivity contribution in [3.8, 4) is 0 Å². The number of methoxy groups -OCH3 is 1. The Bertz CT molecular complexity index is 1450. The molecular formula is C41H60O11. The van der Waals surface area contributed by atoms with Gasteiger partial charge in [0.05, 0.1) is 37.1 Å². The van der Waals surface area contributed by atoms with Crippen molar-refractivity contribution >= 4 is 5.97 Å². The first kappa shape index (κ1) is 39.5. The molecule has 5 heterocycles. The fourth-order valence-electron chi connectivity index (χ4n) is 8.87. The summed E-state index contributed by atoms with van der Waals surface area (Å²) < 4.78 is 44.4. The number of fused-ring (bicyclic) bond motifs is 2. The Hall–Kier alpha value is -2.19. The molecule has 52 heavy (non-hydrogen) atoms. The number of aliphatic hydroxyl groups excluding tert-OH is 2. The zero-order chi connectivity index (χ0) is 37.5. The number of ether oxygens (including phenoxy) is 7. The molecule has 5 aliphatic heterocycles. The number of carbonyl (C=O) groups is 1. The average Bonchev–Trinajstić information content (AvgIpc) is 3.45. The molecule has 1 aliphatic carbocycles. The normalized spacial score (nSPS) is 46.2. The van der Waals surface area contributed by atoms with Crippen LogP contribution in [0, 0.1) is 23.7 Å². The second-order valence-electron chi connectivity index (χ2n) is 16.1. The van der Waals surface area contributed by atoms with Crippen molar-refractivity contribution in [2.75, 3.05) is 13.7 Å². The van der Waals surface area contributed by atoms with Crippen LogP contribution in [0.1, 0.15) is 80.6 Å². The smallest absolute Gasteiger partial charge is 0.316 e. The maximum atomic E-state index is 14.2. The molecule has 11 heteroatoms. The number of rotatable bonds is 5. The van der Waals surface area contributed by atoms with Gasteiger partial charge in [0.15, 0.2) is 12.1 Å². The molecule has 3 saturated heterocycles. The fourth-order valence-corrected chi connectivity index (χ4v) is 8.87. The molecule has 3 N–H and O–H groups in total. The van der Waals surface area contributed by atoms with E-state index in [2.05, 4.69) is 32.9 Å². The lowest BCUT2D eigenvalue weighted by Gasteiger charge is -2.48. The molecule has 6 aliphatic rings. The zero-order valence-electron chi connectivity index (χ0n) is 32.0. The van der Waals surface area contributed by atoms with Crippen LogP contribution < -0.4 is 0 Å². The maximum Gasteiger partial charge on any atom is 0.316 e. The first-order chi connectivity index (χ1) is 24.7. The third kappa shape index (κ3) is 7.68. The number of esters is 1. The molecule has 0 aromatic rings. The average molecular weight is 729 g/mol. The lowest BCUT2D eigenvalue weighted by Crippen LogP contribution is -2.58. The Morgan fingerprint density at radius 2 is 1.81 bits per heavy atom. The van der Waals surface area contributed by atoms with Crippen LogP contribution in [0.4, 0.5) is 0 Å². The van der Waals surface area contributed by atoms with Crippen molar-refractivity contribution in [3.63, 3.8) is 0 Å². The third-order valence-corrected chi connectivity index (χ3v) is 12.3. The largest absolute Gasteiger partial charge is 0.462 e. The summed E-state index contributed by atoms with van der Waals surface area (Å²) in [4.78, 5) is 14.2. The van der Waals surface area contributed by atoms with Crippen LogP contribution in [0.25, 0.3) is 0 Å². The van der Waals surface area contributed by atoms with Crippen molar-refractivity contribution in [2.24, 2.45) is 23.7 Å². The molecule has 6 rings (SSSR count). The summed E-state index contributed by atoms with van der Waals surface area (Å²) in [5, 5.41) is 34.1. The summed E-state index contributed by atoms with van der Waals surface area (Å²) >= 11 is 0. The van der Waals surface area contributed by atoms with Gasteiger partial charge in [0.2, 0.25) is 0 Å². The Morgan fingerprint density at radius 1 is 1.04 bits per heavy atom. The van der Waals surface area contributed by atoms with Crippen molar-refractivity contribution in [1.29, 1.82) is 0 Å². The highest BCUT2D eigenvalue weighted by molar-refractivity contribution is 5.78. The van der Waals surface area contributed by atoms with Crippen LogP contribution in [0.3, 0.4) is 0 Å². The van der Waals surface area contributed by atoms with Gasteiger partial charge in [0.1, 0.15) is 35.9 Å². The monoisotopic (exact) mass is 728 g/mol. The van der Waals surface area contributed by atoms with Gasteiger partial charge in [-0.15, -0.1) is 0 Å². The second-order valence-corrected chi connectivity index (χ2v) is 16.1. The minimum atomic E-state index is -1.81. The molecular weight excluding hydrogens is 668 g/mol. The number of carbonyl (C=O) groups excluding carboxylic acids is 1. The van der Waals surface area contributed by atoms with Gasteiger partial charge in [0.25, 0.3) is 0 Å². The van der Waals surface area contributed by atoms with Gasteiger partial charge in [-0.2, -0.15) is 0 Å². The Labute approximate surface area is 308 Å². The summed E-state index contributed by atoms with van der Waals surface area (Å²) in [6.07, 6.45) is 10.2. The van der Waals surface area contributed by atoms with Crippen molar-refractivity contribution < 1.29 is 53.3 Å². The van der Waals surface area contributed by atoms with E-state index in [1.807, 2.05) is 39.0 Å². The van der Waals surface area contributed by atoms with Crippen LogP contribution in [0.15, 0.2) is 59.3 Å². The van der Waals surface area contributed by atoms with E-state index in [9.17, 15) is 20.1 Å². The Balaban J connectivity index is 1.38. The van der Waals surface area contributed by atoms with Gasteiger partial charge in [-0.3, -0.25) is 4.79 Å². The summed E-state index contributed by atoms with van der Waals surface area (Å²) in [5.74, 6) is -2.44. The number of allylic oxidation sites excluding steroid dienone is 2. The van der Waals surface area contributed by atoms with Crippen molar-refractivity contribution in [1.82, 2.24) is 0 Å². The number of aliphatic hydroxyl groups is 3. The zero-order valence-corrected chi connectivity index (χ0v) is 32.0. The van der Waals surface area contributed by atoms with Crippen LogP contribution >= 0.6 is 0 Å². The van der Waals surface area contributed by atoms with Crippen LogP contribution in [-0.2, 0) is 38.0 Å². The predicted molar refractivity (Wildman–Crippen MR) is 193 cm³/mol. The molecule has 0 radical (unpaired) electrons.